The second kappa shape index (κ2) is 28.7. The van der Waals surface area contributed by atoms with Crippen LogP contribution in [-0.2, 0) is 33.5 Å². The third-order valence-corrected chi connectivity index (χ3v) is 16.7. The van der Waals surface area contributed by atoms with E-state index in [9.17, 15) is 37.4 Å². The Hall–Kier alpha value is -4.76. The molecule has 0 bridgehead atoms. The van der Waals surface area contributed by atoms with E-state index in [2.05, 4.69) is 92.0 Å². The predicted molar refractivity (Wildman–Crippen MR) is 300 cm³/mol. The molecular weight excluding hydrogens is 1080 g/mol. The lowest BCUT2D eigenvalue weighted by Crippen LogP contribution is -2.53. The highest BCUT2D eigenvalue weighted by molar-refractivity contribution is 9.10. The van der Waals surface area contributed by atoms with E-state index in [4.69, 9.17) is 10.0 Å². The van der Waals surface area contributed by atoms with Crippen molar-refractivity contribution in [3.05, 3.63) is 169 Å². The van der Waals surface area contributed by atoms with E-state index in [0.29, 0.717) is 15.9 Å². The van der Waals surface area contributed by atoms with Crippen molar-refractivity contribution in [3.63, 3.8) is 0 Å². The van der Waals surface area contributed by atoms with Crippen LogP contribution in [0.5, 0.6) is 0 Å². The number of aliphatic hydroxyl groups excluding tert-OH is 2. The van der Waals surface area contributed by atoms with Gasteiger partial charge in [-0.15, -0.1) is 11.3 Å². The topological polar surface area (TPSA) is 163 Å². The van der Waals surface area contributed by atoms with Gasteiger partial charge < -0.3 is 41.5 Å². The van der Waals surface area contributed by atoms with Gasteiger partial charge in [-0.05, 0) is 157 Å². The standard InChI is InChI=1S/C29H34F2N2O2S.C24H29BrF2N2O2.C5H7BO2S/c1-19-11-28(36-18-19)22-7-6-8-23(15-22)29(9-4-3-5-10-29)32-17-27(35)26(33-20(2)34)14-21-12-24(30)16-25(31)13-21;1-16(30)29-22(12-17-10-20(26)14-21(27)11-17)23(31)15-28-24(8-3-2-4-9-24)18-6-5-7-19(25)13-18;1-4-2-5(6(7)8)9-3-4/h6-8,11-13,15-16,18,26-27,32,35H,3-5,9-10,14,17H2,1-2H3,(H,33,34);5-7,10-11,13-14,22-23,28,31H,2-4,8-9,12,15H2,1H3,(H,29,30);2-3,7-8H,1H3/t26-,27+;22-,23+;/m00./s1. The lowest BCUT2D eigenvalue weighted by Gasteiger charge is -2.40. The summed E-state index contributed by atoms with van der Waals surface area (Å²) in [6.45, 7) is 7.24. The van der Waals surface area contributed by atoms with E-state index in [1.807, 2.05) is 24.4 Å². The van der Waals surface area contributed by atoms with Crippen LogP contribution in [0.25, 0.3) is 10.4 Å². The highest BCUT2D eigenvalue weighted by Crippen LogP contribution is 2.40. The predicted octanol–water partition coefficient (Wildman–Crippen LogP) is 10.2. The van der Waals surface area contributed by atoms with Gasteiger partial charge in [0, 0.05) is 64.3 Å². The van der Waals surface area contributed by atoms with Crippen molar-refractivity contribution in [2.75, 3.05) is 13.1 Å². The van der Waals surface area contributed by atoms with Gasteiger partial charge in [0.2, 0.25) is 11.8 Å². The van der Waals surface area contributed by atoms with Crippen LogP contribution < -0.4 is 26.0 Å². The zero-order chi connectivity index (χ0) is 55.0. The van der Waals surface area contributed by atoms with Crippen LogP contribution in [0.2, 0.25) is 0 Å². The first-order valence-corrected chi connectivity index (χ1v) is 28.4. The maximum absolute atomic E-state index is 13.7. The number of benzene rings is 4. The molecule has 8 N–H and O–H groups in total. The first kappa shape index (κ1) is 60.5. The molecule has 10 nitrogen and oxygen atoms in total. The molecule has 8 rings (SSSR count). The van der Waals surface area contributed by atoms with Crippen LogP contribution in [-0.4, -0.2) is 76.6 Å². The fraction of sp³-hybridized carbons (Fsp3) is 0.414. The summed E-state index contributed by atoms with van der Waals surface area (Å²) in [6.07, 6.45) is 8.90. The van der Waals surface area contributed by atoms with E-state index >= 15 is 0 Å². The minimum absolute atomic E-state index is 0.122. The summed E-state index contributed by atoms with van der Waals surface area (Å²) in [4.78, 5) is 24.8. The second-order valence-corrected chi connectivity index (χ2v) is 23.0. The number of nitrogens with one attached hydrogen (secondary N) is 4. The molecule has 2 saturated carbocycles. The minimum Gasteiger partial charge on any atom is -0.423 e. The maximum atomic E-state index is 13.7. The lowest BCUT2D eigenvalue weighted by atomic mass is 9.76. The Morgan fingerprint density at radius 1 is 0.605 bits per heavy atom. The van der Waals surface area contributed by atoms with Crippen molar-refractivity contribution in [2.24, 2.45) is 0 Å². The van der Waals surface area contributed by atoms with Crippen LogP contribution in [0.4, 0.5) is 17.6 Å². The SMILES string of the molecule is CC(=O)N[C@@H](Cc1cc(F)cc(F)c1)[C@H](O)CNC1(c2cccc(-c3cc(C)cs3)c2)CCCCC1.CC(=O)N[C@@H](Cc1cc(F)cc(F)c1)[C@H](O)CNC1(c2cccc(Br)c2)CCCCC1.Cc1csc(B(O)O)c1. The van der Waals surface area contributed by atoms with Gasteiger partial charge >= 0.3 is 7.12 Å². The molecule has 18 heteroatoms. The largest absolute Gasteiger partial charge is 0.499 e. The number of carbonyl (C=O) groups is 2. The van der Waals surface area contributed by atoms with Gasteiger partial charge in [-0.3, -0.25) is 9.59 Å². The monoisotopic (exact) mass is 1150 g/mol. The minimum atomic E-state index is -1.30. The number of hydrogen-bond acceptors (Lipinski definition) is 10. The summed E-state index contributed by atoms with van der Waals surface area (Å²) in [5.41, 5.74) is 6.09. The Balaban J connectivity index is 0.000000213. The van der Waals surface area contributed by atoms with Gasteiger partial charge in [-0.25, -0.2) is 17.6 Å². The normalized spacial score (nSPS) is 16.4. The maximum Gasteiger partial charge on any atom is 0.499 e. The van der Waals surface area contributed by atoms with Crippen molar-refractivity contribution in [1.29, 1.82) is 0 Å². The van der Waals surface area contributed by atoms with Crippen LogP contribution in [0.3, 0.4) is 0 Å². The van der Waals surface area contributed by atoms with Gasteiger partial charge in [0.1, 0.15) is 23.3 Å². The Morgan fingerprint density at radius 2 is 1.04 bits per heavy atom. The molecule has 2 aliphatic rings. The van der Waals surface area contributed by atoms with Gasteiger partial charge in [0.05, 0.1) is 24.3 Å². The molecule has 2 aromatic heterocycles. The van der Waals surface area contributed by atoms with Crippen LogP contribution in [0.1, 0.15) is 111 Å². The Kier molecular flexibility index (Phi) is 22.9. The number of amides is 2. The second-order valence-electron chi connectivity index (χ2n) is 20.2. The molecule has 0 aliphatic heterocycles. The third-order valence-electron chi connectivity index (χ3n) is 14.0. The number of halogens is 5. The number of rotatable bonds is 18. The third kappa shape index (κ3) is 18.2. The zero-order valence-electron chi connectivity index (χ0n) is 43.5. The average molecular weight is 1150 g/mol. The Morgan fingerprint density at radius 3 is 1.42 bits per heavy atom. The zero-order valence-corrected chi connectivity index (χ0v) is 46.7. The molecule has 2 aliphatic carbocycles. The Bertz CT molecular complexity index is 2780. The smallest absolute Gasteiger partial charge is 0.423 e. The van der Waals surface area contributed by atoms with E-state index < -0.39 is 54.7 Å². The molecule has 2 amide bonds. The first-order chi connectivity index (χ1) is 36.2. The van der Waals surface area contributed by atoms with Gasteiger partial charge in [-0.2, -0.15) is 11.3 Å². The molecule has 76 heavy (non-hydrogen) atoms. The molecule has 0 spiro atoms. The summed E-state index contributed by atoms with van der Waals surface area (Å²) in [5.74, 6) is -3.33. The van der Waals surface area contributed by atoms with Crippen molar-refractivity contribution < 1.29 is 47.4 Å². The fourth-order valence-electron chi connectivity index (χ4n) is 10.3. The number of aryl methyl sites for hydroxylation is 2. The van der Waals surface area contributed by atoms with Gasteiger partial charge in [0.25, 0.3) is 0 Å². The molecular formula is C58H70BBrF4N4O6S2. The molecule has 0 saturated heterocycles. The summed E-state index contributed by atoms with van der Waals surface area (Å²) in [6, 6.07) is 25.9. The quantitative estimate of drug-likeness (QED) is 0.0312. The first-order valence-electron chi connectivity index (χ1n) is 25.8. The van der Waals surface area contributed by atoms with Gasteiger partial charge in [0.15, 0.2) is 0 Å². The van der Waals surface area contributed by atoms with E-state index in [1.165, 1.54) is 83.9 Å². The molecule has 6 aromatic rings. The van der Waals surface area contributed by atoms with Crippen LogP contribution in [0.15, 0.2) is 112 Å². The lowest BCUT2D eigenvalue weighted by molar-refractivity contribution is -0.121. The number of hydrogen-bond donors (Lipinski definition) is 8. The van der Waals surface area contributed by atoms with Crippen LogP contribution in [0, 0.1) is 37.1 Å². The van der Waals surface area contributed by atoms with Crippen molar-refractivity contribution in [2.45, 2.75) is 140 Å². The van der Waals surface area contributed by atoms with Crippen molar-refractivity contribution >= 4 is 62.3 Å². The highest BCUT2D eigenvalue weighted by Gasteiger charge is 2.37. The molecule has 0 radical (unpaired) electrons. The number of aliphatic hydroxyl groups is 2. The number of carbonyl (C=O) groups excluding carboxylic acids is 2. The van der Waals surface area contributed by atoms with E-state index in [0.717, 1.165) is 79.1 Å². The van der Waals surface area contributed by atoms with Crippen molar-refractivity contribution in [1.82, 2.24) is 21.3 Å². The van der Waals surface area contributed by atoms with E-state index in [-0.39, 0.29) is 48.8 Å². The molecule has 2 heterocycles. The summed E-state index contributed by atoms with van der Waals surface area (Å²) in [5, 5.41) is 56.0. The summed E-state index contributed by atoms with van der Waals surface area (Å²) in [7, 11) is -1.30. The highest BCUT2D eigenvalue weighted by atomic mass is 79.9. The Labute approximate surface area is 461 Å². The van der Waals surface area contributed by atoms with Crippen molar-refractivity contribution in [3.8, 4) is 10.4 Å². The average Bonchev–Trinajstić information content (AvgIpc) is 4.03. The molecule has 2 fully saturated rings. The molecule has 4 atom stereocenters. The summed E-state index contributed by atoms with van der Waals surface area (Å²) < 4.78 is 56.3. The molecule has 0 unspecified atom stereocenters. The fourth-order valence-corrected chi connectivity index (χ4v) is 12.4. The number of thiophene rings is 2. The van der Waals surface area contributed by atoms with E-state index in [1.54, 1.807) is 17.4 Å². The van der Waals surface area contributed by atoms with Crippen LogP contribution >= 0.6 is 38.6 Å². The van der Waals surface area contributed by atoms with Gasteiger partial charge in [-0.1, -0.05) is 84.8 Å². The summed E-state index contributed by atoms with van der Waals surface area (Å²) >= 11 is 6.64. The molecule has 408 valence electrons. The molecule has 4 aromatic carbocycles.